The largest absolute Gasteiger partial charge is 0.481 e. The number of urea groups is 1. The second-order valence-electron chi connectivity index (χ2n) is 4.98. The molecule has 1 saturated heterocycles. The van der Waals surface area contributed by atoms with Crippen molar-refractivity contribution in [3.05, 3.63) is 16.8 Å². The fraction of sp³-hybridized carbons (Fsp3) is 0.385. The molecule has 3 heterocycles. The van der Waals surface area contributed by atoms with Gasteiger partial charge in [-0.05, 0) is 24.3 Å². The zero-order valence-electron chi connectivity index (χ0n) is 11.6. The maximum atomic E-state index is 12.2. The van der Waals surface area contributed by atoms with Crippen LogP contribution in [0.25, 0.3) is 10.6 Å². The lowest BCUT2D eigenvalue weighted by molar-refractivity contribution is -0.143. The van der Waals surface area contributed by atoms with E-state index in [0.717, 1.165) is 10.6 Å². The van der Waals surface area contributed by atoms with Crippen molar-refractivity contribution in [3.63, 3.8) is 0 Å². The molecule has 1 unspecified atom stereocenters. The zero-order valence-corrected chi connectivity index (χ0v) is 13.2. The van der Waals surface area contributed by atoms with E-state index in [1.54, 1.807) is 11.3 Å². The first kappa shape index (κ1) is 14.9. The normalized spacial score (nSPS) is 18.2. The molecule has 0 aliphatic carbocycles. The molecule has 0 bridgehead atoms. The van der Waals surface area contributed by atoms with E-state index in [4.69, 9.17) is 5.11 Å². The van der Waals surface area contributed by atoms with Crippen molar-refractivity contribution in [1.82, 2.24) is 15.1 Å². The lowest BCUT2D eigenvalue weighted by atomic mass is 9.99. The second kappa shape index (κ2) is 6.41. The quantitative estimate of drug-likeness (QED) is 0.897. The van der Waals surface area contributed by atoms with Crippen LogP contribution in [-0.2, 0) is 4.79 Å². The number of nitrogens with zero attached hydrogens (tertiary/aromatic N) is 3. The van der Waals surface area contributed by atoms with Crippen LogP contribution in [0.15, 0.2) is 16.8 Å². The third kappa shape index (κ3) is 3.25. The topological polar surface area (TPSA) is 95.4 Å². The summed E-state index contributed by atoms with van der Waals surface area (Å²) < 4.78 is 0. The third-order valence-electron chi connectivity index (χ3n) is 3.46. The zero-order chi connectivity index (χ0) is 15.5. The van der Waals surface area contributed by atoms with Crippen LogP contribution in [0.3, 0.4) is 0 Å². The highest BCUT2D eigenvalue weighted by atomic mass is 32.1. The van der Waals surface area contributed by atoms with E-state index in [2.05, 4.69) is 15.5 Å². The third-order valence-corrected chi connectivity index (χ3v) is 5.04. The number of piperidine rings is 1. The van der Waals surface area contributed by atoms with Gasteiger partial charge in [0.15, 0.2) is 0 Å². The van der Waals surface area contributed by atoms with E-state index in [-0.39, 0.29) is 12.6 Å². The molecule has 0 radical (unpaired) electrons. The highest BCUT2D eigenvalue weighted by Crippen LogP contribution is 2.28. The number of carbonyl (C=O) groups is 2. The molecule has 0 spiro atoms. The first-order valence-electron chi connectivity index (χ1n) is 6.78. The van der Waals surface area contributed by atoms with E-state index in [0.29, 0.717) is 24.5 Å². The summed E-state index contributed by atoms with van der Waals surface area (Å²) in [6.45, 7) is 0.795. The summed E-state index contributed by atoms with van der Waals surface area (Å²) in [5, 5.41) is 24.9. The molecule has 0 aromatic carbocycles. The number of aromatic nitrogens is 2. The van der Waals surface area contributed by atoms with E-state index < -0.39 is 11.9 Å². The van der Waals surface area contributed by atoms with E-state index in [1.165, 1.54) is 16.2 Å². The molecule has 7 nitrogen and oxygen atoms in total. The molecular weight excluding hydrogens is 324 g/mol. The predicted octanol–water partition coefficient (Wildman–Crippen LogP) is 2.60. The minimum absolute atomic E-state index is 0.233. The Labute approximate surface area is 134 Å². The van der Waals surface area contributed by atoms with Gasteiger partial charge in [0.25, 0.3) is 0 Å². The lowest BCUT2D eigenvalue weighted by Gasteiger charge is -2.30. The number of anilines is 1. The summed E-state index contributed by atoms with van der Waals surface area (Å²) in [4.78, 5) is 24.8. The van der Waals surface area contributed by atoms with Crippen molar-refractivity contribution in [2.75, 3.05) is 18.4 Å². The Bertz CT molecular complexity index is 671. The summed E-state index contributed by atoms with van der Waals surface area (Å²) >= 11 is 2.87. The van der Waals surface area contributed by atoms with Gasteiger partial charge in [0.05, 0.1) is 5.92 Å². The maximum Gasteiger partial charge on any atom is 0.323 e. The molecule has 9 heteroatoms. The van der Waals surface area contributed by atoms with Crippen LogP contribution in [0, 0.1) is 5.92 Å². The Morgan fingerprint density at radius 3 is 3.00 bits per heavy atom. The van der Waals surface area contributed by atoms with Gasteiger partial charge < -0.3 is 10.0 Å². The van der Waals surface area contributed by atoms with Crippen molar-refractivity contribution in [1.29, 1.82) is 0 Å². The summed E-state index contributed by atoms with van der Waals surface area (Å²) in [5.74, 6) is -1.34. The summed E-state index contributed by atoms with van der Waals surface area (Å²) in [5.41, 5.74) is 0.979. The minimum atomic E-state index is -0.854. The number of carboxylic acids is 1. The first-order valence-corrected chi connectivity index (χ1v) is 8.54. The van der Waals surface area contributed by atoms with Crippen molar-refractivity contribution >= 4 is 39.8 Å². The van der Waals surface area contributed by atoms with Crippen LogP contribution in [0.1, 0.15) is 12.8 Å². The first-order chi connectivity index (χ1) is 10.6. The number of carboxylic acid groups (broad SMARTS) is 1. The number of thiophene rings is 1. The highest BCUT2D eigenvalue weighted by Gasteiger charge is 2.28. The Hall–Kier alpha value is -2.00. The fourth-order valence-corrected chi connectivity index (χ4v) is 3.76. The smallest absolute Gasteiger partial charge is 0.323 e. The number of nitrogens with one attached hydrogen (secondary N) is 1. The SMILES string of the molecule is O=C(O)C1CCCN(C(=O)Nc2nnc(-c3ccsc3)s2)C1. The number of carbonyl (C=O) groups excluding carboxylic acids is 1. The standard InChI is InChI=1S/C13H14N4O3S2/c18-11(19)8-2-1-4-17(6-8)13(20)14-12-16-15-10(22-12)9-3-5-21-7-9/h3,5,7-8H,1-2,4,6H2,(H,18,19)(H,14,16,20). The molecule has 2 N–H and O–H groups in total. The van der Waals surface area contributed by atoms with Crippen LogP contribution >= 0.6 is 22.7 Å². The second-order valence-corrected chi connectivity index (χ2v) is 6.74. The van der Waals surface area contributed by atoms with Crippen LogP contribution in [0.2, 0.25) is 0 Å². The number of amides is 2. The number of likely N-dealkylation sites (tertiary alicyclic amines) is 1. The van der Waals surface area contributed by atoms with Crippen molar-refractivity contribution in [3.8, 4) is 10.6 Å². The van der Waals surface area contributed by atoms with Crippen LogP contribution in [0.4, 0.5) is 9.93 Å². The Morgan fingerprint density at radius 1 is 1.41 bits per heavy atom. The summed E-state index contributed by atoms with van der Waals surface area (Å²) in [6, 6.07) is 1.62. The molecule has 1 atom stereocenters. The molecule has 1 aliphatic heterocycles. The number of hydrogen-bond donors (Lipinski definition) is 2. The summed E-state index contributed by atoms with van der Waals surface area (Å²) in [6.07, 6.45) is 1.31. The summed E-state index contributed by atoms with van der Waals surface area (Å²) in [7, 11) is 0. The Kier molecular flexibility index (Phi) is 4.34. The van der Waals surface area contributed by atoms with Gasteiger partial charge in [-0.15, -0.1) is 10.2 Å². The molecule has 0 saturated carbocycles. The molecule has 1 aliphatic rings. The molecule has 2 aromatic rings. The van der Waals surface area contributed by atoms with Crippen LogP contribution in [-0.4, -0.2) is 45.3 Å². The van der Waals surface area contributed by atoms with Crippen LogP contribution in [0.5, 0.6) is 0 Å². The minimum Gasteiger partial charge on any atom is -0.481 e. The maximum absolute atomic E-state index is 12.2. The molecule has 116 valence electrons. The number of rotatable bonds is 3. The van der Waals surface area contributed by atoms with Crippen molar-refractivity contribution < 1.29 is 14.7 Å². The predicted molar refractivity (Wildman–Crippen MR) is 84.2 cm³/mol. The Morgan fingerprint density at radius 2 is 2.27 bits per heavy atom. The van der Waals surface area contributed by atoms with Gasteiger partial charge in [0, 0.05) is 24.0 Å². The van der Waals surface area contributed by atoms with Gasteiger partial charge in [-0.3, -0.25) is 10.1 Å². The number of hydrogen-bond acceptors (Lipinski definition) is 6. The molecule has 2 amide bonds. The van der Waals surface area contributed by atoms with Gasteiger partial charge in [0.2, 0.25) is 5.13 Å². The highest BCUT2D eigenvalue weighted by molar-refractivity contribution is 7.19. The van der Waals surface area contributed by atoms with Crippen molar-refractivity contribution in [2.24, 2.45) is 5.92 Å². The molecule has 2 aromatic heterocycles. The van der Waals surface area contributed by atoms with Gasteiger partial charge >= 0.3 is 12.0 Å². The molecule has 1 fully saturated rings. The molecular formula is C13H14N4O3S2. The molecule has 3 rings (SSSR count). The van der Waals surface area contributed by atoms with Gasteiger partial charge in [-0.1, -0.05) is 11.3 Å². The van der Waals surface area contributed by atoms with Gasteiger partial charge in [-0.2, -0.15) is 11.3 Å². The van der Waals surface area contributed by atoms with Gasteiger partial charge in [0.1, 0.15) is 5.01 Å². The lowest BCUT2D eigenvalue weighted by Crippen LogP contribution is -2.44. The van der Waals surface area contributed by atoms with Crippen molar-refractivity contribution in [2.45, 2.75) is 12.8 Å². The average molecular weight is 338 g/mol. The monoisotopic (exact) mass is 338 g/mol. The average Bonchev–Trinajstić information content (AvgIpc) is 3.18. The Balaban J connectivity index is 1.63. The van der Waals surface area contributed by atoms with E-state index in [9.17, 15) is 9.59 Å². The fourth-order valence-electron chi connectivity index (χ4n) is 2.31. The number of aliphatic carboxylic acids is 1. The van der Waals surface area contributed by atoms with E-state index >= 15 is 0 Å². The van der Waals surface area contributed by atoms with Crippen LogP contribution < -0.4 is 5.32 Å². The van der Waals surface area contributed by atoms with E-state index in [1.807, 2.05) is 16.8 Å². The molecule has 22 heavy (non-hydrogen) atoms. The van der Waals surface area contributed by atoms with Gasteiger partial charge in [-0.25, -0.2) is 4.79 Å².